The minimum Gasteiger partial charge on any atom is -0.394 e. The SMILES string of the molecule is CC(CC(C)(CO)NC1CC1)Sc1ccccc1Cl. The first kappa shape index (κ1) is 15.2. The summed E-state index contributed by atoms with van der Waals surface area (Å²) in [5.41, 5.74) is -0.186. The van der Waals surface area contributed by atoms with E-state index in [9.17, 15) is 5.11 Å². The van der Waals surface area contributed by atoms with Crippen LogP contribution in [0.1, 0.15) is 33.1 Å². The van der Waals surface area contributed by atoms with Crippen molar-refractivity contribution in [2.24, 2.45) is 0 Å². The average Bonchev–Trinajstić information content (AvgIpc) is 3.15. The van der Waals surface area contributed by atoms with Crippen LogP contribution in [0.2, 0.25) is 5.02 Å². The zero-order valence-electron chi connectivity index (χ0n) is 11.5. The van der Waals surface area contributed by atoms with E-state index < -0.39 is 0 Å². The third-order valence-corrected chi connectivity index (χ3v) is 5.00. The number of benzene rings is 1. The Morgan fingerprint density at radius 3 is 2.74 bits per heavy atom. The summed E-state index contributed by atoms with van der Waals surface area (Å²) in [5.74, 6) is 0. The quantitative estimate of drug-likeness (QED) is 0.753. The van der Waals surface area contributed by atoms with Crippen molar-refractivity contribution in [1.82, 2.24) is 5.32 Å². The van der Waals surface area contributed by atoms with Gasteiger partial charge in [0, 0.05) is 21.7 Å². The Bertz CT molecular complexity index is 424. The van der Waals surface area contributed by atoms with Crippen LogP contribution in [0, 0.1) is 0 Å². The van der Waals surface area contributed by atoms with Gasteiger partial charge in [0.1, 0.15) is 0 Å². The Balaban J connectivity index is 1.92. The van der Waals surface area contributed by atoms with Crippen molar-refractivity contribution >= 4 is 23.4 Å². The molecular formula is C15H22ClNOS. The molecule has 2 atom stereocenters. The highest BCUT2D eigenvalue weighted by atomic mass is 35.5. The van der Waals surface area contributed by atoms with Crippen molar-refractivity contribution in [2.45, 2.75) is 54.8 Å². The molecule has 1 aliphatic carbocycles. The molecule has 0 bridgehead atoms. The summed E-state index contributed by atoms with van der Waals surface area (Å²) in [6.45, 7) is 4.47. The average molecular weight is 300 g/mol. The van der Waals surface area contributed by atoms with Crippen LogP contribution in [0.15, 0.2) is 29.2 Å². The topological polar surface area (TPSA) is 32.3 Å². The van der Waals surface area contributed by atoms with E-state index in [4.69, 9.17) is 11.6 Å². The number of thioether (sulfide) groups is 1. The van der Waals surface area contributed by atoms with Gasteiger partial charge in [-0.25, -0.2) is 0 Å². The minimum absolute atomic E-state index is 0.178. The molecule has 1 aliphatic rings. The van der Waals surface area contributed by atoms with Crippen molar-refractivity contribution in [3.05, 3.63) is 29.3 Å². The van der Waals surface area contributed by atoms with Gasteiger partial charge in [0.25, 0.3) is 0 Å². The van der Waals surface area contributed by atoms with Gasteiger partial charge < -0.3 is 10.4 Å². The van der Waals surface area contributed by atoms with Gasteiger partial charge >= 0.3 is 0 Å². The van der Waals surface area contributed by atoms with Gasteiger partial charge in [-0.15, -0.1) is 11.8 Å². The molecule has 2 nitrogen and oxygen atoms in total. The number of rotatable bonds is 7. The molecule has 0 radical (unpaired) electrons. The minimum atomic E-state index is -0.186. The van der Waals surface area contributed by atoms with Gasteiger partial charge in [-0.2, -0.15) is 0 Å². The van der Waals surface area contributed by atoms with E-state index in [-0.39, 0.29) is 12.1 Å². The molecule has 0 spiro atoms. The highest BCUT2D eigenvalue weighted by Crippen LogP contribution is 2.34. The van der Waals surface area contributed by atoms with Crippen molar-refractivity contribution in [3.8, 4) is 0 Å². The molecule has 1 saturated carbocycles. The molecule has 0 amide bonds. The molecular weight excluding hydrogens is 278 g/mol. The zero-order chi connectivity index (χ0) is 13.9. The predicted octanol–water partition coefficient (Wildman–Crippen LogP) is 3.71. The third-order valence-electron chi connectivity index (χ3n) is 3.38. The second-order valence-electron chi connectivity index (χ2n) is 5.70. The number of aliphatic hydroxyl groups is 1. The van der Waals surface area contributed by atoms with Crippen LogP contribution in [0.4, 0.5) is 0 Å². The highest BCUT2D eigenvalue weighted by molar-refractivity contribution is 8.00. The molecule has 1 fully saturated rings. The predicted molar refractivity (Wildman–Crippen MR) is 83.0 cm³/mol. The van der Waals surface area contributed by atoms with Crippen LogP contribution < -0.4 is 5.32 Å². The maximum absolute atomic E-state index is 9.63. The lowest BCUT2D eigenvalue weighted by Crippen LogP contribution is -2.48. The largest absolute Gasteiger partial charge is 0.394 e. The van der Waals surface area contributed by atoms with E-state index in [0.717, 1.165) is 16.3 Å². The summed E-state index contributed by atoms with van der Waals surface area (Å²) in [5, 5.41) is 14.4. The fraction of sp³-hybridized carbons (Fsp3) is 0.600. The van der Waals surface area contributed by atoms with E-state index in [1.54, 1.807) is 11.8 Å². The lowest BCUT2D eigenvalue weighted by Gasteiger charge is -2.31. The van der Waals surface area contributed by atoms with Crippen LogP contribution in [0.3, 0.4) is 0 Å². The van der Waals surface area contributed by atoms with Crippen LogP contribution in [-0.2, 0) is 0 Å². The number of nitrogens with one attached hydrogen (secondary N) is 1. The van der Waals surface area contributed by atoms with Gasteiger partial charge in [-0.3, -0.25) is 0 Å². The Morgan fingerprint density at radius 2 is 2.16 bits per heavy atom. The van der Waals surface area contributed by atoms with E-state index in [1.807, 2.05) is 24.3 Å². The standard InChI is InChI=1S/C15H22ClNOS/c1-11(19-14-6-4-3-5-13(14)16)9-15(2,10-18)17-12-7-8-12/h3-6,11-12,17-18H,7-10H2,1-2H3. The second-order valence-corrected chi connectivity index (χ2v) is 7.59. The highest BCUT2D eigenvalue weighted by Gasteiger charge is 2.33. The molecule has 106 valence electrons. The molecule has 1 aromatic rings. The van der Waals surface area contributed by atoms with Crippen LogP contribution in [0.25, 0.3) is 0 Å². The molecule has 2 unspecified atom stereocenters. The van der Waals surface area contributed by atoms with Crippen LogP contribution in [0.5, 0.6) is 0 Å². The number of aliphatic hydroxyl groups excluding tert-OH is 1. The van der Waals surface area contributed by atoms with Gasteiger partial charge in [0.2, 0.25) is 0 Å². The zero-order valence-corrected chi connectivity index (χ0v) is 13.1. The van der Waals surface area contributed by atoms with Crippen molar-refractivity contribution in [2.75, 3.05) is 6.61 Å². The Labute approximate surface area is 124 Å². The molecule has 0 aliphatic heterocycles. The summed E-state index contributed by atoms with van der Waals surface area (Å²) in [4.78, 5) is 1.11. The first-order chi connectivity index (χ1) is 9.02. The monoisotopic (exact) mass is 299 g/mol. The van der Waals surface area contributed by atoms with Crippen molar-refractivity contribution in [3.63, 3.8) is 0 Å². The fourth-order valence-corrected chi connectivity index (χ4v) is 3.81. The molecule has 0 heterocycles. The molecule has 0 saturated heterocycles. The van der Waals surface area contributed by atoms with Crippen molar-refractivity contribution < 1.29 is 5.11 Å². The van der Waals surface area contributed by atoms with Gasteiger partial charge in [0.05, 0.1) is 11.6 Å². The summed E-state index contributed by atoms with van der Waals surface area (Å²) in [6, 6.07) is 8.53. The van der Waals surface area contributed by atoms with E-state index in [2.05, 4.69) is 19.2 Å². The van der Waals surface area contributed by atoms with Crippen LogP contribution in [-0.4, -0.2) is 28.5 Å². The van der Waals surface area contributed by atoms with Gasteiger partial charge in [-0.1, -0.05) is 30.7 Å². The molecule has 0 aromatic heterocycles. The first-order valence-corrected chi connectivity index (χ1v) is 8.08. The second kappa shape index (κ2) is 6.49. The maximum atomic E-state index is 9.63. The Kier molecular flexibility index (Phi) is 5.18. The molecule has 1 aromatic carbocycles. The van der Waals surface area contributed by atoms with Gasteiger partial charge in [-0.05, 0) is 38.3 Å². The summed E-state index contributed by atoms with van der Waals surface area (Å²) < 4.78 is 0. The van der Waals surface area contributed by atoms with Crippen molar-refractivity contribution in [1.29, 1.82) is 0 Å². The smallest absolute Gasteiger partial charge is 0.0611 e. The molecule has 2 rings (SSSR count). The fourth-order valence-electron chi connectivity index (χ4n) is 2.32. The normalized spacial score (nSPS) is 20.0. The lowest BCUT2D eigenvalue weighted by molar-refractivity contribution is 0.164. The Morgan fingerprint density at radius 1 is 1.47 bits per heavy atom. The number of hydrogen-bond donors (Lipinski definition) is 2. The van der Waals surface area contributed by atoms with E-state index in [0.29, 0.717) is 11.3 Å². The van der Waals surface area contributed by atoms with E-state index >= 15 is 0 Å². The third kappa shape index (κ3) is 4.67. The number of halogens is 1. The maximum Gasteiger partial charge on any atom is 0.0611 e. The van der Waals surface area contributed by atoms with Crippen LogP contribution >= 0.6 is 23.4 Å². The summed E-state index contributed by atoms with van der Waals surface area (Å²) in [7, 11) is 0. The molecule has 19 heavy (non-hydrogen) atoms. The molecule has 4 heteroatoms. The van der Waals surface area contributed by atoms with Gasteiger partial charge in [0.15, 0.2) is 0 Å². The first-order valence-electron chi connectivity index (χ1n) is 6.82. The van der Waals surface area contributed by atoms with E-state index in [1.165, 1.54) is 12.8 Å². The molecule has 2 N–H and O–H groups in total. The summed E-state index contributed by atoms with van der Waals surface area (Å²) in [6.07, 6.45) is 3.40. The number of hydrogen-bond acceptors (Lipinski definition) is 3. The lowest BCUT2D eigenvalue weighted by atomic mass is 9.97. The summed E-state index contributed by atoms with van der Waals surface area (Å²) >= 11 is 7.96. The Hall–Kier alpha value is -0.220.